The number of imidazole rings is 1. The zero-order valence-electron chi connectivity index (χ0n) is 18.2. The highest BCUT2D eigenvalue weighted by atomic mass is 16.5. The lowest BCUT2D eigenvalue weighted by atomic mass is 9.97. The van der Waals surface area contributed by atoms with Crippen LogP contribution in [-0.2, 0) is 9.59 Å². The summed E-state index contributed by atoms with van der Waals surface area (Å²) in [4.78, 5) is 43.3. The van der Waals surface area contributed by atoms with Crippen molar-refractivity contribution in [2.45, 2.75) is 6.04 Å². The van der Waals surface area contributed by atoms with Crippen molar-refractivity contribution in [3.05, 3.63) is 77.9 Å². The van der Waals surface area contributed by atoms with Crippen molar-refractivity contribution in [1.29, 1.82) is 0 Å². The fraction of sp³-hybridized carbons (Fsp3) is 0.125. The lowest BCUT2D eigenvalue weighted by molar-refractivity contribution is -0.132. The van der Waals surface area contributed by atoms with Crippen LogP contribution in [-0.4, -0.2) is 51.0 Å². The largest absolute Gasteiger partial charge is 0.507 e. The fourth-order valence-corrected chi connectivity index (χ4v) is 4.01. The van der Waals surface area contributed by atoms with E-state index in [4.69, 9.17) is 9.47 Å². The number of methoxy groups -OCH3 is 2. The van der Waals surface area contributed by atoms with E-state index in [1.165, 1.54) is 37.7 Å². The van der Waals surface area contributed by atoms with Gasteiger partial charge in [0.25, 0.3) is 5.78 Å². The number of ether oxygens (including phenoxy) is 2. The number of aliphatic hydroxyl groups excluding tert-OH is 1. The first-order valence-corrected chi connectivity index (χ1v) is 10.3. The molecule has 1 fully saturated rings. The molecular weight excluding hydrogens is 438 g/mol. The van der Waals surface area contributed by atoms with Crippen molar-refractivity contribution in [2.24, 2.45) is 0 Å². The molecule has 1 unspecified atom stereocenters. The van der Waals surface area contributed by atoms with Crippen LogP contribution in [0.2, 0.25) is 0 Å². The highest BCUT2D eigenvalue weighted by Crippen LogP contribution is 2.42. The van der Waals surface area contributed by atoms with Crippen LogP contribution in [0.25, 0.3) is 16.8 Å². The number of amides is 1. The molecule has 3 aromatic heterocycles. The third kappa shape index (κ3) is 3.32. The number of aromatic amines is 1. The highest BCUT2D eigenvalue weighted by molar-refractivity contribution is 6.51. The molecule has 0 spiro atoms. The van der Waals surface area contributed by atoms with Crippen LogP contribution in [0.15, 0.2) is 66.8 Å². The average molecular weight is 457 g/mol. The number of Topliss-reactive ketones (excluding diaryl/α,β-unsaturated/α-hetero) is 1. The molecule has 170 valence electrons. The normalized spacial score (nSPS) is 17.4. The maximum absolute atomic E-state index is 13.2. The summed E-state index contributed by atoms with van der Waals surface area (Å²) in [6.07, 6.45) is 6.10. The number of nitrogens with one attached hydrogen (secondary N) is 1. The monoisotopic (exact) mass is 457 g/mol. The van der Waals surface area contributed by atoms with Crippen LogP contribution in [0.1, 0.15) is 17.2 Å². The summed E-state index contributed by atoms with van der Waals surface area (Å²) in [5.41, 5.74) is 1.91. The highest BCUT2D eigenvalue weighted by Gasteiger charge is 2.48. The zero-order chi connectivity index (χ0) is 23.8. The second-order valence-electron chi connectivity index (χ2n) is 7.48. The summed E-state index contributed by atoms with van der Waals surface area (Å²) >= 11 is 0. The molecule has 10 heteroatoms. The van der Waals surface area contributed by atoms with Gasteiger partial charge in [-0.3, -0.25) is 24.5 Å². The maximum Gasteiger partial charge on any atom is 0.302 e. The van der Waals surface area contributed by atoms with Gasteiger partial charge in [-0.2, -0.15) is 0 Å². The van der Waals surface area contributed by atoms with E-state index in [9.17, 15) is 14.7 Å². The number of nitrogens with zero attached hydrogens (tertiary/aromatic N) is 4. The Morgan fingerprint density at radius 3 is 2.44 bits per heavy atom. The summed E-state index contributed by atoms with van der Waals surface area (Å²) < 4.78 is 10.7. The minimum absolute atomic E-state index is 0.0696. The van der Waals surface area contributed by atoms with Crippen molar-refractivity contribution in [3.8, 4) is 11.5 Å². The van der Waals surface area contributed by atoms with Crippen molar-refractivity contribution < 1.29 is 24.2 Å². The minimum Gasteiger partial charge on any atom is -0.507 e. The predicted octanol–water partition coefficient (Wildman–Crippen LogP) is 3.00. The Morgan fingerprint density at radius 2 is 1.76 bits per heavy atom. The standard InChI is InChI=1S/C24H19N5O5/c1-33-17-10-15-16(11-18(17)34-2)28-24(27-15)29-20(14-4-3-7-26-12-14)19(22(31)23(29)32)21(30)13-5-8-25-9-6-13/h3-12,20,30H,1-2H3,(H,27,28)/b21-19+. The number of H-pyrrole nitrogens is 1. The summed E-state index contributed by atoms with van der Waals surface area (Å²) in [7, 11) is 3.03. The average Bonchev–Trinajstić information content (AvgIpc) is 3.41. The molecule has 4 heterocycles. The first-order chi connectivity index (χ1) is 16.5. The Labute approximate surface area is 193 Å². The van der Waals surface area contributed by atoms with Gasteiger partial charge in [-0.25, -0.2) is 4.98 Å². The molecule has 0 radical (unpaired) electrons. The van der Waals surface area contributed by atoms with Crippen LogP contribution < -0.4 is 14.4 Å². The lowest BCUT2D eigenvalue weighted by Crippen LogP contribution is -2.30. The van der Waals surface area contributed by atoms with E-state index in [-0.39, 0.29) is 17.3 Å². The van der Waals surface area contributed by atoms with Gasteiger partial charge in [-0.1, -0.05) is 6.07 Å². The molecule has 1 aliphatic rings. The summed E-state index contributed by atoms with van der Waals surface area (Å²) in [6, 6.07) is 8.94. The van der Waals surface area contributed by atoms with E-state index in [0.717, 1.165) is 0 Å². The van der Waals surface area contributed by atoms with Crippen LogP contribution in [0.4, 0.5) is 5.95 Å². The maximum atomic E-state index is 13.2. The van der Waals surface area contributed by atoms with E-state index in [1.807, 2.05) is 0 Å². The third-order valence-electron chi connectivity index (χ3n) is 5.60. The quantitative estimate of drug-likeness (QED) is 0.266. The van der Waals surface area contributed by atoms with Crippen LogP contribution in [0, 0.1) is 0 Å². The molecular formula is C24H19N5O5. The number of pyridine rings is 2. The molecule has 10 nitrogen and oxygen atoms in total. The van der Waals surface area contributed by atoms with Gasteiger partial charge in [0.05, 0.1) is 36.9 Å². The Morgan fingerprint density at radius 1 is 1.03 bits per heavy atom. The molecule has 1 atom stereocenters. The lowest BCUT2D eigenvalue weighted by Gasteiger charge is -2.22. The van der Waals surface area contributed by atoms with Crippen molar-refractivity contribution >= 4 is 34.4 Å². The molecule has 1 saturated heterocycles. The fourth-order valence-electron chi connectivity index (χ4n) is 4.01. The predicted molar refractivity (Wildman–Crippen MR) is 122 cm³/mol. The first-order valence-electron chi connectivity index (χ1n) is 10.3. The van der Waals surface area contributed by atoms with Gasteiger partial charge in [0.1, 0.15) is 5.76 Å². The topological polar surface area (TPSA) is 131 Å². The van der Waals surface area contributed by atoms with Crippen molar-refractivity contribution in [3.63, 3.8) is 0 Å². The minimum atomic E-state index is -0.953. The molecule has 0 saturated carbocycles. The number of rotatable bonds is 5. The number of benzene rings is 1. The Kier molecular flexibility index (Phi) is 5.17. The van der Waals surface area contributed by atoms with Gasteiger partial charge in [0, 0.05) is 42.5 Å². The van der Waals surface area contributed by atoms with Crippen LogP contribution in [0.3, 0.4) is 0 Å². The Bertz CT molecular complexity index is 1390. The zero-order valence-corrected chi connectivity index (χ0v) is 18.2. The summed E-state index contributed by atoms with van der Waals surface area (Å²) in [5.74, 6) is -0.891. The van der Waals surface area contributed by atoms with Gasteiger partial charge in [-0.15, -0.1) is 0 Å². The summed E-state index contributed by atoms with van der Waals surface area (Å²) in [5, 5.41) is 11.0. The third-order valence-corrected chi connectivity index (χ3v) is 5.60. The molecule has 34 heavy (non-hydrogen) atoms. The second kappa shape index (κ2) is 8.32. The molecule has 5 rings (SSSR count). The van der Waals surface area contributed by atoms with Crippen LogP contribution in [0.5, 0.6) is 11.5 Å². The number of fused-ring (bicyclic) bond motifs is 1. The molecule has 1 amide bonds. The Balaban J connectivity index is 1.71. The van der Waals surface area contributed by atoms with Crippen molar-refractivity contribution in [2.75, 3.05) is 19.1 Å². The SMILES string of the molecule is COc1cc2nc(N3C(=O)C(=O)/C(=C(/O)c4ccncc4)C3c3cccnc3)[nH]c2cc1OC. The summed E-state index contributed by atoms with van der Waals surface area (Å²) in [6.45, 7) is 0. The van der Waals surface area contributed by atoms with Gasteiger partial charge in [0.15, 0.2) is 11.5 Å². The van der Waals surface area contributed by atoms with E-state index in [1.54, 1.807) is 42.6 Å². The number of aliphatic hydroxyl groups is 1. The van der Waals surface area contributed by atoms with Crippen LogP contribution >= 0.6 is 0 Å². The molecule has 0 bridgehead atoms. The molecule has 4 aromatic rings. The van der Waals surface area contributed by atoms with E-state index < -0.39 is 17.7 Å². The molecule has 2 N–H and O–H groups in total. The number of ketones is 1. The van der Waals surface area contributed by atoms with Gasteiger partial charge in [-0.05, 0) is 23.8 Å². The van der Waals surface area contributed by atoms with E-state index in [0.29, 0.717) is 33.7 Å². The number of aromatic nitrogens is 4. The first kappa shape index (κ1) is 21.1. The number of hydrogen-bond donors (Lipinski definition) is 2. The van der Waals surface area contributed by atoms with Gasteiger partial charge >= 0.3 is 5.91 Å². The number of carbonyl (C=O) groups is 2. The molecule has 1 aromatic carbocycles. The number of anilines is 1. The molecule has 1 aliphatic heterocycles. The van der Waals surface area contributed by atoms with Gasteiger partial charge < -0.3 is 19.6 Å². The van der Waals surface area contributed by atoms with Gasteiger partial charge in [0.2, 0.25) is 5.95 Å². The number of hydrogen-bond acceptors (Lipinski definition) is 8. The Hall–Kier alpha value is -4.73. The van der Waals surface area contributed by atoms with E-state index >= 15 is 0 Å². The second-order valence-corrected chi connectivity index (χ2v) is 7.48. The van der Waals surface area contributed by atoms with E-state index in [2.05, 4.69) is 19.9 Å². The number of carbonyl (C=O) groups excluding carboxylic acids is 2. The molecule has 0 aliphatic carbocycles. The smallest absolute Gasteiger partial charge is 0.302 e. The van der Waals surface area contributed by atoms with Crippen molar-refractivity contribution in [1.82, 2.24) is 19.9 Å².